The Morgan fingerprint density at radius 3 is 2.00 bits per heavy atom. The van der Waals surface area contributed by atoms with Crippen molar-refractivity contribution in [1.82, 2.24) is 5.32 Å². The number of nitrogens with one attached hydrogen (secondary N) is 1. The normalized spacial score (nSPS) is 13.2. The highest BCUT2D eigenvalue weighted by atomic mass is 35.5. The predicted octanol–water partition coefficient (Wildman–Crippen LogP) is 4.44. The zero-order valence-electron chi connectivity index (χ0n) is 13.3. The standard InChI is InChI=1S/C16H26ClNO2/c1-7-19-13-9-11(15(18-6)16(3,4)5)12(17)10-14(13)20-8-2/h9-10,15,18H,7-8H2,1-6H3. The van der Waals surface area contributed by atoms with Crippen LogP contribution in [0.3, 0.4) is 0 Å². The first-order valence-corrected chi connectivity index (χ1v) is 7.49. The van der Waals surface area contributed by atoms with Gasteiger partial charge in [-0.3, -0.25) is 0 Å². The maximum absolute atomic E-state index is 6.44. The summed E-state index contributed by atoms with van der Waals surface area (Å²) in [6, 6.07) is 3.98. The van der Waals surface area contributed by atoms with Crippen LogP contribution in [-0.2, 0) is 0 Å². The van der Waals surface area contributed by atoms with Crippen molar-refractivity contribution in [3.8, 4) is 11.5 Å². The number of ether oxygens (including phenoxy) is 2. The van der Waals surface area contributed by atoms with E-state index < -0.39 is 0 Å². The van der Waals surface area contributed by atoms with Crippen LogP contribution in [-0.4, -0.2) is 20.3 Å². The molecule has 1 unspecified atom stereocenters. The topological polar surface area (TPSA) is 30.5 Å². The lowest BCUT2D eigenvalue weighted by Crippen LogP contribution is -2.30. The first kappa shape index (κ1) is 17.1. The summed E-state index contributed by atoms with van der Waals surface area (Å²) in [6.45, 7) is 11.6. The Hall–Kier alpha value is -0.930. The van der Waals surface area contributed by atoms with Crippen molar-refractivity contribution >= 4 is 11.6 Å². The highest BCUT2D eigenvalue weighted by molar-refractivity contribution is 6.31. The summed E-state index contributed by atoms with van der Waals surface area (Å²) < 4.78 is 11.3. The molecule has 20 heavy (non-hydrogen) atoms. The van der Waals surface area contributed by atoms with E-state index in [1.165, 1.54) is 0 Å². The van der Waals surface area contributed by atoms with E-state index in [-0.39, 0.29) is 11.5 Å². The number of rotatable bonds is 6. The third kappa shape index (κ3) is 4.03. The SMILES string of the molecule is CCOc1cc(Cl)c(C(NC)C(C)(C)C)cc1OCC. The average molecular weight is 300 g/mol. The number of hydrogen-bond acceptors (Lipinski definition) is 3. The first-order chi connectivity index (χ1) is 9.35. The quantitative estimate of drug-likeness (QED) is 0.842. The molecule has 0 aliphatic carbocycles. The summed E-state index contributed by atoms with van der Waals surface area (Å²) in [5.41, 5.74) is 1.09. The molecule has 0 heterocycles. The largest absolute Gasteiger partial charge is 0.490 e. The lowest BCUT2D eigenvalue weighted by atomic mass is 9.82. The van der Waals surface area contributed by atoms with Crippen molar-refractivity contribution in [3.63, 3.8) is 0 Å². The number of benzene rings is 1. The molecule has 0 aliphatic heterocycles. The summed E-state index contributed by atoms with van der Waals surface area (Å²) in [5.74, 6) is 1.45. The molecule has 114 valence electrons. The summed E-state index contributed by atoms with van der Waals surface area (Å²) in [7, 11) is 1.95. The van der Waals surface area contributed by atoms with Gasteiger partial charge in [-0.1, -0.05) is 32.4 Å². The minimum atomic E-state index is 0.0506. The van der Waals surface area contributed by atoms with E-state index >= 15 is 0 Å². The second kappa shape index (κ2) is 7.19. The molecule has 0 radical (unpaired) electrons. The van der Waals surface area contributed by atoms with E-state index in [1.54, 1.807) is 0 Å². The molecule has 0 amide bonds. The van der Waals surface area contributed by atoms with Crippen LogP contribution in [0.25, 0.3) is 0 Å². The van der Waals surface area contributed by atoms with Crippen LogP contribution >= 0.6 is 11.6 Å². The molecule has 4 heteroatoms. The minimum absolute atomic E-state index is 0.0506. The second-order valence-electron chi connectivity index (χ2n) is 5.77. The van der Waals surface area contributed by atoms with Gasteiger partial charge in [0.15, 0.2) is 11.5 Å². The van der Waals surface area contributed by atoms with Crippen LogP contribution in [0.15, 0.2) is 12.1 Å². The maximum atomic E-state index is 6.44. The molecular formula is C16H26ClNO2. The Morgan fingerprint density at radius 1 is 1.10 bits per heavy atom. The molecule has 1 aromatic carbocycles. The van der Waals surface area contributed by atoms with Gasteiger partial charge in [-0.25, -0.2) is 0 Å². The molecule has 0 bridgehead atoms. The first-order valence-electron chi connectivity index (χ1n) is 7.11. The fraction of sp³-hybridized carbons (Fsp3) is 0.625. The van der Waals surface area contributed by atoms with Crippen LogP contribution in [0.5, 0.6) is 11.5 Å². The Balaban J connectivity index is 3.29. The molecule has 1 rings (SSSR count). The van der Waals surface area contributed by atoms with Gasteiger partial charge in [0, 0.05) is 17.1 Å². The molecule has 0 saturated heterocycles. The molecule has 1 aromatic rings. The summed E-state index contributed by atoms with van der Waals surface area (Å²) in [5, 5.41) is 4.04. The minimum Gasteiger partial charge on any atom is -0.490 e. The molecule has 0 fully saturated rings. The Morgan fingerprint density at radius 2 is 1.60 bits per heavy atom. The van der Waals surface area contributed by atoms with Gasteiger partial charge in [0.05, 0.1) is 13.2 Å². The second-order valence-corrected chi connectivity index (χ2v) is 6.18. The van der Waals surface area contributed by atoms with E-state index in [9.17, 15) is 0 Å². The molecular weight excluding hydrogens is 274 g/mol. The zero-order valence-corrected chi connectivity index (χ0v) is 14.1. The predicted molar refractivity (Wildman–Crippen MR) is 85.0 cm³/mol. The average Bonchev–Trinajstić information content (AvgIpc) is 2.34. The van der Waals surface area contributed by atoms with Crippen LogP contribution in [0.2, 0.25) is 5.02 Å². The molecule has 0 aliphatic rings. The fourth-order valence-corrected chi connectivity index (χ4v) is 2.63. The summed E-state index contributed by atoms with van der Waals surface area (Å²) in [6.07, 6.45) is 0. The summed E-state index contributed by atoms with van der Waals surface area (Å²) >= 11 is 6.44. The Bertz CT molecular complexity index is 441. The number of hydrogen-bond donors (Lipinski definition) is 1. The van der Waals surface area contributed by atoms with E-state index in [2.05, 4.69) is 26.1 Å². The summed E-state index contributed by atoms with van der Waals surface area (Å²) in [4.78, 5) is 0. The molecule has 0 saturated carbocycles. The van der Waals surface area contributed by atoms with Gasteiger partial charge >= 0.3 is 0 Å². The van der Waals surface area contributed by atoms with Crippen molar-refractivity contribution in [1.29, 1.82) is 0 Å². The van der Waals surface area contributed by atoms with Gasteiger partial charge in [-0.15, -0.1) is 0 Å². The van der Waals surface area contributed by atoms with Crippen molar-refractivity contribution in [2.75, 3.05) is 20.3 Å². The van der Waals surface area contributed by atoms with Crippen molar-refractivity contribution in [2.24, 2.45) is 5.41 Å². The lowest BCUT2D eigenvalue weighted by molar-refractivity contribution is 0.276. The van der Waals surface area contributed by atoms with Gasteiger partial charge in [0.25, 0.3) is 0 Å². The van der Waals surface area contributed by atoms with Gasteiger partial charge in [0.1, 0.15) is 0 Å². The lowest BCUT2D eigenvalue weighted by Gasteiger charge is -2.32. The van der Waals surface area contributed by atoms with E-state index in [0.717, 1.165) is 11.3 Å². The van der Waals surface area contributed by atoms with Crippen molar-refractivity contribution in [2.45, 2.75) is 40.7 Å². The van der Waals surface area contributed by atoms with Crippen molar-refractivity contribution in [3.05, 3.63) is 22.7 Å². The van der Waals surface area contributed by atoms with E-state index in [0.29, 0.717) is 24.0 Å². The van der Waals surface area contributed by atoms with Gasteiger partial charge in [-0.2, -0.15) is 0 Å². The molecule has 0 aromatic heterocycles. The highest BCUT2D eigenvalue weighted by Crippen LogP contribution is 2.41. The van der Waals surface area contributed by atoms with Crippen LogP contribution in [0, 0.1) is 5.41 Å². The van der Waals surface area contributed by atoms with E-state index in [1.807, 2.05) is 33.0 Å². The fourth-order valence-electron chi connectivity index (χ4n) is 2.36. The Labute approximate surface area is 127 Å². The van der Waals surface area contributed by atoms with Crippen molar-refractivity contribution < 1.29 is 9.47 Å². The van der Waals surface area contributed by atoms with E-state index in [4.69, 9.17) is 21.1 Å². The van der Waals surface area contributed by atoms with Gasteiger partial charge in [0.2, 0.25) is 0 Å². The van der Waals surface area contributed by atoms with Crippen LogP contribution in [0.1, 0.15) is 46.2 Å². The van der Waals surface area contributed by atoms with Crippen LogP contribution in [0.4, 0.5) is 0 Å². The Kier molecular flexibility index (Phi) is 6.15. The maximum Gasteiger partial charge on any atom is 0.162 e. The smallest absolute Gasteiger partial charge is 0.162 e. The van der Waals surface area contributed by atoms with Crippen LogP contribution < -0.4 is 14.8 Å². The zero-order chi connectivity index (χ0) is 15.3. The van der Waals surface area contributed by atoms with Gasteiger partial charge in [-0.05, 0) is 37.9 Å². The molecule has 0 spiro atoms. The molecule has 1 atom stereocenters. The third-order valence-corrected chi connectivity index (χ3v) is 3.46. The number of halogens is 1. The van der Waals surface area contributed by atoms with Gasteiger partial charge < -0.3 is 14.8 Å². The molecule has 1 N–H and O–H groups in total. The monoisotopic (exact) mass is 299 g/mol. The highest BCUT2D eigenvalue weighted by Gasteiger charge is 2.27. The molecule has 3 nitrogen and oxygen atoms in total. The third-order valence-electron chi connectivity index (χ3n) is 3.13.